The molecule has 7 heteroatoms. The summed E-state index contributed by atoms with van der Waals surface area (Å²) in [6.45, 7) is 1.59. The standard InChI is InChI=1S/C26H25N5O2/c1-33-19-8-9-20-22(16-19)29-30-24(20)25-27-21-10-7-18(15-23(21)28-25)31-13-11-26(32,12-14-31)17-5-3-2-4-6-17/h2-10,15-16,32H,11-14H2,1H3,(H,27,28)(H,29,30). The van der Waals surface area contributed by atoms with Crippen LogP contribution in [0, 0.1) is 0 Å². The van der Waals surface area contributed by atoms with E-state index in [4.69, 9.17) is 9.72 Å². The molecule has 0 atom stereocenters. The van der Waals surface area contributed by atoms with Crippen LogP contribution in [0.4, 0.5) is 5.69 Å². The van der Waals surface area contributed by atoms with Gasteiger partial charge in [0.1, 0.15) is 11.4 Å². The molecule has 166 valence electrons. The van der Waals surface area contributed by atoms with Crippen LogP contribution in [0.3, 0.4) is 0 Å². The fourth-order valence-electron chi connectivity index (χ4n) is 4.78. The molecule has 0 bridgehead atoms. The van der Waals surface area contributed by atoms with Crippen LogP contribution >= 0.6 is 0 Å². The van der Waals surface area contributed by atoms with Gasteiger partial charge in [0.25, 0.3) is 0 Å². The van der Waals surface area contributed by atoms with Crippen molar-refractivity contribution in [2.45, 2.75) is 18.4 Å². The summed E-state index contributed by atoms with van der Waals surface area (Å²) in [5.41, 5.74) is 4.94. The maximum absolute atomic E-state index is 11.1. The Labute approximate surface area is 191 Å². The highest BCUT2D eigenvalue weighted by Gasteiger charge is 2.34. The van der Waals surface area contributed by atoms with Crippen LogP contribution < -0.4 is 9.64 Å². The van der Waals surface area contributed by atoms with E-state index in [-0.39, 0.29) is 0 Å². The van der Waals surface area contributed by atoms with Crippen molar-refractivity contribution in [3.63, 3.8) is 0 Å². The van der Waals surface area contributed by atoms with Crippen molar-refractivity contribution in [2.24, 2.45) is 0 Å². The molecule has 0 radical (unpaired) electrons. The van der Waals surface area contributed by atoms with E-state index in [0.29, 0.717) is 12.8 Å². The zero-order valence-electron chi connectivity index (χ0n) is 18.4. The van der Waals surface area contributed by atoms with Crippen molar-refractivity contribution in [3.05, 3.63) is 72.3 Å². The summed E-state index contributed by atoms with van der Waals surface area (Å²) >= 11 is 0. The van der Waals surface area contributed by atoms with E-state index < -0.39 is 5.60 Å². The summed E-state index contributed by atoms with van der Waals surface area (Å²) in [5, 5.41) is 19.7. The molecule has 2 aromatic heterocycles. The van der Waals surface area contributed by atoms with Crippen LogP contribution in [0.1, 0.15) is 18.4 Å². The van der Waals surface area contributed by atoms with Gasteiger partial charge in [-0.25, -0.2) is 4.98 Å². The Balaban J connectivity index is 1.26. The number of nitrogens with one attached hydrogen (secondary N) is 2. The molecule has 0 amide bonds. The fraction of sp³-hybridized carbons (Fsp3) is 0.231. The SMILES string of the molecule is COc1ccc2c(-c3nc4ccc(N5CCC(O)(c6ccccc6)CC5)cc4[nH]3)n[nH]c2c1. The average molecular weight is 440 g/mol. The average Bonchev–Trinajstić information content (AvgIpc) is 3.48. The van der Waals surface area contributed by atoms with Crippen LogP contribution in [-0.2, 0) is 5.60 Å². The number of hydrogen-bond donors (Lipinski definition) is 3. The Kier molecular flexibility index (Phi) is 4.58. The van der Waals surface area contributed by atoms with Gasteiger partial charge < -0.3 is 19.7 Å². The Morgan fingerprint density at radius 2 is 1.79 bits per heavy atom. The zero-order chi connectivity index (χ0) is 22.4. The van der Waals surface area contributed by atoms with Gasteiger partial charge >= 0.3 is 0 Å². The van der Waals surface area contributed by atoms with Crippen LogP contribution in [0.5, 0.6) is 5.75 Å². The molecule has 0 unspecified atom stereocenters. The van der Waals surface area contributed by atoms with Crippen LogP contribution in [0.15, 0.2) is 66.7 Å². The molecule has 1 aliphatic heterocycles. The third-order valence-corrected chi connectivity index (χ3v) is 6.73. The lowest BCUT2D eigenvalue weighted by atomic mass is 9.84. The number of H-pyrrole nitrogens is 2. The van der Waals surface area contributed by atoms with E-state index in [1.165, 1.54) is 0 Å². The minimum atomic E-state index is -0.757. The topological polar surface area (TPSA) is 90.1 Å². The lowest BCUT2D eigenvalue weighted by molar-refractivity contribution is 0.0118. The van der Waals surface area contributed by atoms with Gasteiger partial charge in [-0.1, -0.05) is 30.3 Å². The smallest absolute Gasteiger partial charge is 0.159 e. The highest BCUT2D eigenvalue weighted by molar-refractivity contribution is 5.94. The van der Waals surface area contributed by atoms with E-state index in [9.17, 15) is 5.11 Å². The minimum absolute atomic E-state index is 0.700. The van der Waals surface area contributed by atoms with E-state index in [1.54, 1.807) is 7.11 Å². The minimum Gasteiger partial charge on any atom is -0.497 e. The summed E-state index contributed by atoms with van der Waals surface area (Å²) in [6.07, 6.45) is 1.40. The second-order valence-electron chi connectivity index (χ2n) is 8.66. The van der Waals surface area contributed by atoms with Gasteiger partial charge in [0.05, 0.1) is 29.3 Å². The monoisotopic (exact) mass is 439 g/mol. The van der Waals surface area contributed by atoms with Crippen molar-refractivity contribution in [1.29, 1.82) is 0 Å². The van der Waals surface area contributed by atoms with Gasteiger partial charge in [-0.15, -0.1) is 0 Å². The first kappa shape index (κ1) is 19.8. The van der Waals surface area contributed by atoms with Crippen LogP contribution in [0.2, 0.25) is 0 Å². The van der Waals surface area contributed by atoms with Gasteiger partial charge in [0, 0.05) is 30.2 Å². The molecular formula is C26H25N5O2. The number of aromatic nitrogens is 4. The molecule has 3 N–H and O–H groups in total. The molecule has 3 heterocycles. The largest absolute Gasteiger partial charge is 0.497 e. The lowest BCUT2D eigenvalue weighted by Crippen LogP contribution is -2.42. The third-order valence-electron chi connectivity index (χ3n) is 6.73. The predicted molar refractivity (Wildman–Crippen MR) is 130 cm³/mol. The van der Waals surface area contributed by atoms with Gasteiger partial charge in [-0.3, -0.25) is 5.10 Å². The fourth-order valence-corrected chi connectivity index (χ4v) is 4.78. The van der Waals surface area contributed by atoms with E-state index in [1.807, 2.05) is 54.6 Å². The Hall–Kier alpha value is -3.84. The highest BCUT2D eigenvalue weighted by Crippen LogP contribution is 2.35. The van der Waals surface area contributed by atoms with E-state index >= 15 is 0 Å². The molecule has 33 heavy (non-hydrogen) atoms. The first-order valence-corrected chi connectivity index (χ1v) is 11.2. The number of piperidine rings is 1. The number of aliphatic hydroxyl groups is 1. The van der Waals surface area contributed by atoms with Crippen LogP contribution in [-0.4, -0.2) is 45.5 Å². The van der Waals surface area contributed by atoms with Gasteiger partial charge in [-0.2, -0.15) is 5.10 Å². The van der Waals surface area contributed by atoms with E-state index in [0.717, 1.165) is 63.5 Å². The molecule has 0 saturated carbocycles. The molecule has 3 aromatic carbocycles. The summed E-state index contributed by atoms with van der Waals surface area (Å²) in [7, 11) is 1.65. The van der Waals surface area contributed by atoms with Gasteiger partial charge in [0.2, 0.25) is 0 Å². The number of imidazole rings is 1. The molecule has 1 fully saturated rings. The lowest BCUT2D eigenvalue weighted by Gasteiger charge is -2.39. The summed E-state index contributed by atoms with van der Waals surface area (Å²) in [5.74, 6) is 1.52. The molecular weight excluding hydrogens is 414 g/mol. The number of nitrogens with zero attached hydrogens (tertiary/aromatic N) is 3. The van der Waals surface area contributed by atoms with Crippen molar-refractivity contribution in [3.8, 4) is 17.3 Å². The maximum Gasteiger partial charge on any atom is 0.159 e. The Morgan fingerprint density at radius 1 is 0.970 bits per heavy atom. The first-order valence-electron chi connectivity index (χ1n) is 11.2. The van der Waals surface area contributed by atoms with Crippen molar-refractivity contribution in [2.75, 3.05) is 25.1 Å². The Morgan fingerprint density at radius 3 is 2.58 bits per heavy atom. The Bertz CT molecular complexity index is 1430. The molecule has 0 spiro atoms. The van der Waals surface area contributed by atoms with Crippen molar-refractivity contribution in [1.82, 2.24) is 20.2 Å². The second kappa shape index (κ2) is 7.64. The third kappa shape index (κ3) is 3.41. The van der Waals surface area contributed by atoms with E-state index in [2.05, 4.69) is 32.2 Å². The second-order valence-corrected chi connectivity index (χ2v) is 8.66. The summed E-state index contributed by atoms with van der Waals surface area (Å²) in [6, 6.07) is 22.1. The molecule has 7 nitrogen and oxygen atoms in total. The molecule has 6 rings (SSSR count). The number of anilines is 1. The summed E-state index contributed by atoms with van der Waals surface area (Å²) < 4.78 is 5.30. The molecule has 5 aromatic rings. The number of hydrogen-bond acceptors (Lipinski definition) is 5. The molecule has 1 saturated heterocycles. The molecule has 0 aliphatic carbocycles. The van der Waals surface area contributed by atoms with Gasteiger partial charge in [-0.05, 0) is 48.7 Å². The number of aromatic amines is 2. The van der Waals surface area contributed by atoms with Gasteiger partial charge in [0.15, 0.2) is 5.82 Å². The number of rotatable bonds is 4. The van der Waals surface area contributed by atoms with Crippen LogP contribution in [0.25, 0.3) is 33.5 Å². The van der Waals surface area contributed by atoms with Crippen molar-refractivity contribution >= 4 is 27.6 Å². The zero-order valence-corrected chi connectivity index (χ0v) is 18.4. The number of benzene rings is 3. The number of fused-ring (bicyclic) bond motifs is 2. The molecule has 1 aliphatic rings. The number of methoxy groups -OCH3 is 1. The highest BCUT2D eigenvalue weighted by atomic mass is 16.5. The van der Waals surface area contributed by atoms with Crippen molar-refractivity contribution < 1.29 is 9.84 Å². The maximum atomic E-state index is 11.1. The quantitative estimate of drug-likeness (QED) is 0.381. The normalized spacial score (nSPS) is 15.9. The first-order chi connectivity index (χ1) is 16.1. The summed E-state index contributed by atoms with van der Waals surface area (Å²) in [4.78, 5) is 10.5. The predicted octanol–water partition coefficient (Wildman–Crippen LogP) is 4.60. The number of ether oxygens (including phenoxy) is 1.